The van der Waals surface area contributed by atoms with Crippen LogP contribution < -0.4 is 4.74 Å². The Labute approximate surface area is 89.1 Å². The van der Waals surface area contributed by atoms with Gasteiger partial charge in [0.2, 0.25) is 0 Å². The van der Waals surface area contributed by atoms with Crippen LogP contribution >= 0.6 is 0 Å². The number of benzene rings is 1. The van der Waals surface area contributed by atoms with Crippen LogP contribution in [-0.4, -0.2) is 12.9 Å². The first-order valence-electron chi connectivity index (χ1n) is 5.15. The van der Waals surface area contributed by atoms with Crippen LogP contribution in [-0.2, 0) is 4.79 Å². The van der Waals surface area contributed by atoms with Crippen LogP contribution in [0, 0.1) is 5.82 Å². The summed E-state index contributed by atoms with van der Waals surface area (Å²) in [6.07, 6.45) is 4.37. The van der Waals surface area contributed by atoms with Crippen molar-refractivity contribution in [2.45, 2.75) is 25.7 Å². The number of carbonyl (C=O) groups is 1. The first-order chi connectivity index (χ1) is 7.33. The topological polar surface area (TPSA) is 26.3 Å². The minimum atomic E-state index is -0.256. The van der Waals surface area contributed by atoms with E-state index in [1.807, 2.05) is 0 Å². The van der Waals surface area contributed by atoms with Crippen molar-refractivity contribution < 1.29 is 13.9 Å². The number of carbonyl (C=O) groups excluding carboxylic acids is 1. The summed E-state index contributed by atoms with van der Waals surface area (Å²) in [4.78, 5) is 10.0. The molecule has 2 nitrogen and oxygen atoms in total. The van der Waals surface area contributed by atoms with E-state index in [1.54, 1.807) is 12.1 Å². The van der Waals surface area contributed by atoms with Gasteiger partial charge in [0, 0.05) is 6.42 Å². The Morgan fingerprint density at radius 3 is 2.53 bits per heavy atom. The number of hydrogen-bond acceptors (Lipinski definition) is 2. The lowest BCUT2D eigenvalue weighted by Crippen LogP contribution is -1.97. The molecule has 1 rings (SSSR count). The number of hydrogen-bond donors (Lipinski definition) is 0. The van der Waals surface area contributed by atoms with E-state index in [2.05, 4.69) is 0 Å². The van der Waals surface area contributed by atoms with Crippen LogP contribution in [0.5, 0.6) is 5.75 Å². The Balaban J connectivity index is 2.09. The van der Waals surface area contributed by atoms with E-state index < -0.39 is 0 Å². The Bertz CT molecular complexity index is 282. The largest absolute Gasteiger partial charge is 0.494 e. The Morgan fingerprint density at radius 2 is 1.87 bits per heavy atom. The molecule has 0 saturated carbocycles. The molecule has 0 saturated heterocycles. The third-order valence-electron chi connectivity index (χ3n) is 2.05. The molecular formula is C12H15FO2. The average Bonchev–Trinajstić information content (AvgIpc) is 2.26. The van der Waals surface area contributed by atoms with Gasteiger partial charge < -0.3 is 9.53 Å². The van der Waals surface area contributed by atoms with E-state index in [9.17, 15) is 9.18 Å². The van der Waals surface area contributed by atoms with Gasteiger partial charge in [0.15, 0.2) is 0 Å². The molecule has 0 aliphatic carbocycles. The minimum Gasteiger partial charge on any atom is -0.494 e. The molecule has 3 heteroatoms. The van der Waals surface area contributed by atoms with Crippen LogP contribution in [0.2, 0.25) is 0 Å². The van der Waals surface area contributed by atoms with Crippen LogP contribution in [0.3, 0.4) is 0 Å². The highest BCUT2D eigenvalue weighted by Gasteiger charge is 1.94. The molecule has 0 aromatic heterocycles. The Morgan fingerprint density at radius 1 is 1.13 bits per heavy atom. The Hall–Kier alpha value is -1.38. The van der Waals surface area contributed by atoms with Gasteiger partial charge in [0.25, 0.3) is 0 Å². The molecular weight excluding hydrogens is 195 g/mol. The molecule has 0 unspecified atom stereocenters. The third-order valence-corrected chi connectivity index (χ3v) is 2.05. The fraction of sp³-hybridized carbons (Fsp3) is 0.417. The van der Waals surface area contributed by atoms with Crippen LogP contribution in [0.1, 0.15) is 25.7 Å². The van der Waals surface area contributed by atoms with Crippen molar-refractivity contribution >= 4 is 6.29 Å². The number of rotatable bonds is 7. The van der Waals surface area contributed by atoms with Crippen molar-refractivity contribution in [2.75, 3.05) is 6.61 Å². The summed E-state index contributed by atoms with van der Waals surface area (Å²) in [5.74, 6) is 0.431. The normalized spacial score (nSPS) is 9.93. The Kier molecular flexibility index (Phi) is 5.44. The zero-order valence-electron chi connectivity index (χ0n) is 8.62. The maximum Gasteiger partial charge on any atom is 0.123 e. The van der Waals surface area contributed by atoms with E-state index >= 15 is 0 Å². The summed E-state index contributed by atoms with van der Waals surface area (Å²) in [5, 5.41) is 0. The van der Waals surface area contributed by atoms with Crippen molar-refractivity contribution in [3.8, 4) is 5.75 Å². The maximum absolute atomic E-state index is 12.5. The molecule has 0 aliphatic heterocycles. The lowest BCUT2D eigenvalue weighted by molar-refractivity contribution is -0.107. The summed E-state index contributed by atoms with van der Waals surface area (Å²) in [6, 6.07) is 5.98. The van der Waals surface area contributed by atoms with Gasteiger partial charge >= 0.3 is 0 Å². The van der Waals surface area contributed by atoms with E-state index in [-0.39, 0.29) is 5.82 Å². The van der Waals surface area contributed by atoms with E-state index in [0.29, 0.717) is 18.8 Å². The molecule has 0 aliphatic rings. The smallest absolute Gasteiger partial charge is 0.123 e. The van der Waals surface area contributed by atoms with Crippen molar-refractivity contribution in [2.24, 2.45) is 0 Å². The van der Waals surface area contributed by atoms with Gasteiger partial charge in [-0.25, -0.2) is 4.39 Å². The third kappa shape index (κ3) is 5.15. The average molecular weight is 210 g/mol. The summed E-state index contributed by atoms with van der Waals surface area (Å²) in [6.45, 7) is 0.616. The van der Waals surface area contributed by atoms with E-state index in [0.717, 1.165) is 25.5 Å². The standard InChI is InChI=1S/C12H15FO2/c13-11-5-7-12(8-6-11)15-10-4-2-1-3-9-14/h5-9H,1-4,10H2. The zero-order valence-corrected chi connectivity index (χ0v) is 8.62. The van der Waals surface area contributed by atoms with Gasteiger partial charge in [0.05, 0.1) is 6.61 Å². The molecule has 0 atom stereocenters. The molecule has 1 aromatic carbocycles. The number of unbranched alkanes of at least 4 members (excludes halogenated alkanes) is 3. The predicted octanol–water partition coefficient (Wildman–Crippen LogP) is 2.96. The zero-order chi connectivity index (χ0) is 10.9. The van der Waals surface area contributed by atoms with Crippen molar-refractivity contribution in [1.82, 2.24) is 0 Å². The number of ether oxygens (including phenoxy) is 1. The van der Waals surface area contributed by atoms with Gasteiger partial charge in [-0.2, -0.15) is 0 Å². The van der Waals surface area contributed by atoms with Crippen LogP contribution in [0.25, 0.3) is 0 Å². The van der Waals surface area contributed by atoms with Gasteiger partial charge in [-0.3, -0.25) is 0 Å². The predicted molar refractivity (Wildman–Crippen MR) is 56.4 cm³/mol. The molecule has 0 heterocycles. The highest BCUT2D eigenvalue weighted by atomic mass is 19.1. The van der Waals surface area contributed by atoms with E-state index in [1.165, 1.54) is 12.1 Å². The number of aldehydes is 1. The lowest BCUT2D eigenvalue weighted by atomic mass is 10.2. The molecule has 0 bridgehead atoms. The van der Waals surface area contributed by atoms with Crippen molar-refractivity contribution in [3.05, 3.63) is 30.1 Å². The van der Waals surface area contributed by atoms with Crippen LogP contribution in [0.4, 0.5) is 4.39 Å². The molecule has 15 heavy (non-hydrogen) atoms. The summed E-state index contributed by atoms with van der Waals surface area (Å²) < 4.78 is 17.9. The highest BCUT2D eigenvalue weighted by molar-refractivity contribution is 5.48. The second-order valence-electron chi connectivity index (χ2n) is 3.32. The molecule has 0 N–H and O–H groups in total. The minimum absolute atomic E-state index is 0.256. The molecule has 0 radical (unpaired) electrons. The second kappa shape index (κ2) is 6.98. The fourth-order valence-corrected chi connectivity index (χ4v) is 1.23. The first-order valence-corrected chi connectivity index (χ1v) is 5.15. The summed E-state index contributed by atoms with van der Waals surface area (Å²) in [7, 11) is 0. The molecule has 0 fully saturated rings. The second-order valence-corrected chi connectivity index (χ2v) is 3.32. The van der Waals surface area contributed by atoms with Gasteiger partial charge in [-0.1, -0.05) is 0 Å². The SMILES string of the molecule is O=CCCCCCOc1ccc(F)cc1. The first kappa shape index (κ1) is 11.7. The highest BCUT2D eigenvalue weighted by Crippen LogP contribution is 2.11. The molecule has 0 spiro atoms. The maximum atomic E-state index is 12.5. The summed E-state index contributed by atoms with van der Waals surface area (Å²) in [5.41, 5.74) is 0. The monoisotopic (exact) mass is 210 g/mol. The van der Waals surface area contributed by atoms with Gasteiger partial charge in [0.1, 0.15) is 17.9 Å². The van der Waals surface area contributed by atoms with Crippen LogP contribution in [0.15, 0.2) is 24.3 Å². The van der Waals surface area contributed by atoms with E-state index in [4.69, 9.17) is 4.74 Å². The fourth-order valence-electron chi connectivity index (χ4n) is 1.23. The van der Waals surface area contributed by atoms with Gasteiger partial charge in [-0.05, 0) is 43.5 Å². The number of halogens is 1. The van der Waals surface area contributed by atoms with Crippen molar-refractivity contribution in [1.29, 1.82) is 0 Å². The molecule has 0 amide bonds. The van der Waals surface area contributed by atoms with Crippen molar-refractivity contribution in [3.63, 3.8) is 0 Å². The van der Waals surface area contributed by atoms with Gasteiger partial charge in [-0.15, -0.1) is 0 Å². The quantitative estimate of drug-likeness (QED) is 0.511. The molecule has 1 aromatic rings. The summed E-state index contributed by atoms with van der Waals surface area (Å²) >= 11 is 0. The molecule has 82 valence electrons. The lowest BCUT2D eigenvalue weighted by Gasteiger charge is -2.04.